The third-order valence-corrected chi connectivity index (χ3v) is 9.54. The van der Waals surface area contributed by atoms with E-state index in [1.807, 2.05) is 94.4 Å². The molecule has 0 aliphatic heterocycles. The van der Waals surface area contributed by atoms with E-state index >= 15 is 0 Å². The van der Waals surface area contributed by atoms with Gasteiger partial charge in [-0.15, -0.1) is 47.5 Å². The molecular formula is C53H46IrN2O-2. The Labute approximate surface area is 365 Å². The molecule has 9 rings (SSSR count). The maximum Gasteiger partial charge on any atom is 0.128 e. The second kappa shape index (κ2) is 16.4. The predicted molar refractivity (Wildman–Crippen MR) is 235 cm³/mol. The molecule has 3 heterocycles. The van der Waals surface area contributed by atoms with Crippen molar-refractivity contribution in [1.82, 2.24) is 9.97 Å². The monoisotopic (exact) mass is 930 g/mol. The van der Waals surface area contributed by atoms with Crippen molar-refractivity contribution in [3.8, 4) is 44.8 Å². The molecule has 0 fully saturated rings. The third kappa shape index (κ3) is 8.40. The van der Waals surface area contributed by atoms with E-state index in [1.54, 1.807) is 54.7 Å². The van der Waals surface area contributed by atoms with Gasteiger partial charge in [-0.2, -0.15) is 0 Å². The molecule has 57 heavy (non-hydrogen) atoms. The molecule has 0 N–H and O–H groups in total. The fraction of sp³-hybridized carbons (Fsp3) is 0.170. The van der Waals surface area contributed by atoms with Crippen LogP contribution in [-0.4, -0.2) is 9.97 Å². The minimum atomic E-state index is -2.49. The average molecular weight is 930 g/mol. The molecule has 9 aromatic rings. The van der Waals surface area contributed by atoms with Crippen molar-refractivity contribution in [3.05, 3.63) is 180 Å². The Morgan fingerprint density at radius 1 is 0.649 bits per heavy atom. The van der Waals surface area contributed by atoms with Crippen molar-refractivity contribution in [1.29, 1.82) is 0 Å². The molecule has 0 spiro atoms. The van der Waals surface area contributed by atoms with Crippen LogP contribution in [0.3, 0.4) is 0 Å². The number of nitrogens with zero attached hydrogens (tertiary/aromatic N) is 2. The molecule has 0 bridgehead atoms. The summed E-state index contributed by atoms with van der Waals surface area (Å²) in [5.41, 5.74) is 6.75. The molecule has 0 aliphatic rings. The molecule has 1 radical (unpaired) electrons. The minimum Gasteiger partial charge on any atom is -0.500 e. The maximum atomic E-state index is 8.39. The second-order valence-corrected chi connectivity index (χ2v) is 14.9. The quantitative estimate of drug-likeness (QED) is 0.161. The van der Waals surface area contributed by atoms with E-state index in [0.29, 0.717) is 50.4 Å². The Morgan fingerprint density at radius 3 is 2.19 bits per heavy atom. The van der Waals surface area contributed by atoms with Gasteiger partial charge >= 0.3 is 0 Å². The van der Waals surface area contributed by atoms with Gasteiger partial charge in [0.05, 0.1) is 5.58 Å². The van der Waals surface area contributed by atoms with E-state index in [1.165, 1.54) is 12.3 Å². The van der Waals surface area contributed by atoms with Crippen LogP contribution in [0, 0.1) is 45.0 Å². The number of furan rings is 1. The van der Waals surface area contributed by atoms with Gasteiger partial charge in [-0.25, -0.2) is 0 Å². The first-order valence-electron chi connectivity index (χ1n) is 23.9. The van der Waals surface area contributed by atoms with E-state index in [9.17, 15) is 0 Å². The Bertz CT molecular complexity index is 3280. The van der Waals surface area contributed by atoms with Crippen LogP contribution in [0.5, 0.6) is 0 Å². The van der Waals surface area contributed by atoms with E-state index in [2.05, 4.69) is 28.2 Å². The number of pyridine rings is 2. The topological polar surface area (TPSA) is 38.9 Å². The molecule has 0 saturated carbocycles. The maximum absolute atomic E-state index is 8.39. The van der Waals surface area contributed by atoms with Crippen molar-refractivity contribution < 1.29 is 39.6 Å². The van der Waals surface area contributed by atoms with Gasteiger partial charge in [-0.3, -0.25) is 0 Å². The number of hydrogen-bond acceptors (Lipinski definition) is 3. The summed E-state index contributed by atoms with van der Waals surface area (Å²) in [5.74, 6) is 0. The molecule has 0 amide bonds. The summed E-state index contributed by atoms with van der Waals surface area (Å²) in [6.45, 7) is 0.203. The number of aromatic nitrogens is 2. The van der Waals surface area contributed by atoms with Gasteiger partial charge in [0.2, 0.25) is 0 Å². The number of fused-ring (bicyclic) bond motifs is 5. The molecule has 6 aromatic carbocycles. The predicted octanol–water partition coefficient (Wildman–Crippen LogP) is 14.3. The summed E-state index contributed by atoms with van der Waals surface area (Å²) >= 11 is 0. The molecule has 3 aromatic heterocycles. The Balaban J connectivity index is 0.000000206. The van der Waals surface area contributed by atoms with Gasteiger partial charge in [0, 0.05) is 58.3 Å². The van der Waals surface area contributed by atoms with Gasteiger partial charge in [-0.05, 0) is 82.6 Å². The van der Waals surface area contributed by atoms with Gasteiger partial charge in [0.25, 0.3) is 0 Å². The third-order valence-electron chi connectivity index (χ3n) is 9.54. The zero-order valence-corrected chi connectivity index (χ0v) is 34.3. The SMILES string of the molecule is [2H]C([2H])([2H])c1c[c-]c(-c2ccc(C([2H])([2H])C(C)(C)C)cn2)cc1-c1ccccc1.[2H]C([2H])([2H])c1cnc(-c2[c-]ccc3c2oc2c4ccccc4ccc32)cc1-c1ccc(C)cc1C([2H])([2H])[2H].[Ir]. The average Bonchev–Trinajstić information content (AvgIpc) is 3.68. The van der Waals surface area contributed by atoms with E-state index in [0.717, 1.165) is 38.3 Å². The van der Waals surface area contributed by atoms with Crippen LogP contribution < -0.4 is 0 Å². The van der Waals surface area contributed by atoms with Crippen LogP contribution in [0.1, 0.15) is 63.7 Å². The smallest absolute Gasteiger partial charge is 0.128 e. The van der Waals surface area contributed by atoms with Gasteiger partial charge in [0.1, 0.15) is 5.58 Å². The van der Waals surface area contributed by atoms with Gasteiger partial charge < -0.3 is 14.4 Å². The van der Waals surface area contributed by atoms with E-state index in [4.69, 9.17) is 19.5 Å². The Kier molecular flexibility index (Phi) is 8.03. The van der Waals surface area contributed by atoms with Gasteiger partial charge in [-0.1, -0.05) is 153 Å². The number of aryl methyl sites for hydroxylation is 4. The molecule has 4 heteroatoms. The fourth-order valence-electron chi connectivity index (χ4n) is 6.92. The fourth-order valence-corrected chi connectivity index (χ4v) is 6.92. The van der Waals surface area contributed by atoms with Crippen LogP contribution in [0.4, 0.5) is 0 Å². The standard InChI is InChI=1S/C30H22NO.C23H24N.Ir/c1-18-11-13-22(19(2)15-18)27-16-28(31-17-20(27)3)26-10-6-9-24-25-14-12-21-7-4-5-8-23(21)29(25)32-30(24)26;1-17-10-12-20(14-21(17)19-8-6-5-7-9-19)22-13-11-18(16-24-22)15-23(2,3)4;/h4-9,11-17H,1-3H3;5-11,13-14,16H,15H2,1-4H3;/q2*-1;/i2D3,3D3;1D3,15D2;. The molecular weight excluding hydrogens is 873 g/mol. The van der Waals surface area contributed by atoms with Crippen molar-refractivity contribution >= 4 is 32.7 Å². The van der Waals surface area contributed by atoms with Crippen LogP contribution in [-0.2, 0) is 26.5 Å². The molecule has 0 aliphatic carbocycles. The van der Waals surface area contributed by atoms with Crippen LogP contribution >= 0.6 is 0 Å². The second-order valence-electron chi connectivity index (χ2n) is 14.9. The minimum absolute atomic E-state index is 0. The Hall–Kier alpha value is -5.67. The summed E-state index contributed by atoms with van der Waals surface area (Å²) in [7, 11) is 0. The van der Waals surface area contributed by atoms with Crippen LogP contribution in [0.15, 0.2) is 144 Å². The first-order valence-corrected chi connectivity index (χ1v) is 18.4. The molecule has 285 valence electrons. The zero-order chi connectivity index (χ0) is 48.3. The largest absolute Gasteiger partial charge is 0.500 e. The molecule has 3 nitrogen and oxygen atoms in total. The zero-order valence-electron chi connectivity index (χ0n) is 42.9. The summed E-state index contributed by atoms with van der Waals surface area (Å²) in [6, 6.07) is 44.9. The molecule has 0 atom stereocenters. The number of benzene rings is 6. The Morgan fingerprint density at radius 2 is 1.42 bits per heavy atom. The van der Waals surface area contributed by atoms with E-state index in [-0.39, 0.29) is 36.8 Å². The van der Waals surface area contributed by atoms with Crippen molar-refractivity contribution in [2.75, 3.05) is 0 Å². The number of rotatable bonds is 5. The summed E-state index contributed by atoms with van der Waals surface area (Å²) < 4.78 is 95.4. The molecule has 0 saturated heterocycles. The van der Waals surface area contributed by atoms with Gasteiger partial charge in [0.15, 0.2) is 0 Å². The van der Waals surface area contributed by atoms with Crippen molar-refractivity contribution in [2.24, 2.45) is 5.41 Å². The summed E-state index contributed by atoms with van der Waals surface area (Å²) in [4.78, 5) is 8.95. The number of hydrogen-bond donors (Lipinski definition) is 0. The van der Waals surface area contributed by atoms with Crippen LogP contribution in [0.25, 0.3) is 77.5 Å². The summed E-state index contributed by atoms with van der Waals surface area (Å²) in [6.07, 6.45) is 1.34. The normalized spacial score (nSPS) is 15.1. The van der Waals surface area contributed by atoms with Crippen molar-refractivity contribution in [2.45, 2.75) is 54.6 Å². The van der Waals surface area contributed by atoms with Crippen LogP contribution in [0.2, 0.25) is 0 Å². The van der Waals surface area contributed by atoms with E-state index < -0.39 is 32.3 Å². The summed E-state index contributed by atoms with van der Waals surface area (Å²) in [5, 5.41) is 3.89. The van der Waals surface area contributed by atoms with Crippen molar-refractivity contribution in [3.63, 3.8) is 0 Å². The molecule has 0 unspecified atom stereocenters. The first-order chi connectivity index (χ1) is 31.4. The first kappa shape index (κ1) is 27.8.